The first-order valence-electron chi connectivity index (χ1n) is 12.9. The fourth-order valence-corrected chi connectivity index (χ4v) is 4.68. The van der Waals surface area contributed by atoms with Crippen LogP contribution in [0.1, 0.15) is 72.8 Å². The highest BCUT2D eigenvalue weighted by atomic mass is 16.5. The number of carbonyl (C=O) groups excluding carboxylic acids is 2. The summed E-state index contributed by atoms with van der Waals surface area (Å²) in [7, 11) is 0. The molecule has 0 saturated carbocycles. The molecule has 2 aliphatic heterocycles. The zero-order valence-electron chi connectivity index (χ0n) is 22.0. The summed E-state index contributed by atoms with van der Waals surface area (Å²) in [4.78, 5) is 41.9. The molecule has 0 radical (unpaired) electrons. The molecule has 194 valence electrons. The summed E-state index contributed by atoms with van der Waals surface area (Å²) in [5.41, 5.74) is 8.68. The topological polar surface area (TPSA) is 110 Å². The van der Waals surface area contributed by atoms with E-state index in [1.807, 2.05) is 36.4 Å². The molecule has 8 bridgehead atoms. The Morgan fingerprint density at radius 1 is 0.711 bits per heavy atom. The highest BCUT2D eigenvalue weighted by Gasteiger charge is 2.20. The van der Waals surface area contributed by atoms with Crippen molar-refractivity contribution in [2.75, 3.05) is 13.2 Å². The number of nitrogens with zero attached hydrogens (tertiary/aromatic N) is 2. The maximum Gasteiger partial charge on any atom is 0.340 e. The van der Waals surface area contributed by atoms with Crippen LogP contribution in [0.15, 0.2) is 36.4 Å². The lowest BCUT2D eigenvalue weighted by Crippen LogP contribution is -2.05. The Hall–Kier alpha value is -4.46. The number of aromatic amines is 2. The monoisotopic (exact) mass is 510 g/mol. The van der Waals surface area contributed by atoms with E-state index in [0.717, 1.165) is 46.2 Å². The molecule has 0 unspecified atom stereocenters. The van der Waals surface area contributed by atoms with Crippen LogP contribution in [-0.2, 0) is 20.7 Å². The van der Waals surface area contributed by atoms with Crippen LogP contribution in [0.5, 0.6) is 0 Å². The van der Waals surface area contributed by atoms with Gasteiger partial charge in [-0.15, -0.1) is 0 Å². The average molecular weight is 511 g/mol. The predicted octanol–water partition coefficient (Wildman–Crippen LogP) is 6.11. The predicted molar refractivity (Wildman–Crippen MR) is 149 cm³/mol. The second-order valence-electron chi connectivity index (χ2n) is 9.01. The summed E-state index contributed by atoms with van der Waals surface area (Å²) < 4.78 is 10.6. The number of ether oxygens (including phenoxy) is 2. The second kappa shape index (κ2) is 10.5. The minimum atomic E-state index is -0.414. The van der Waals surface area contributed by atoms with Gasteiger partial charge in [0.1, 0.15) is 0 Å². The maximum absolute atomic E-state index is 12.8. The molecular formula is C30H30N4O4. The number of H-pyrrole nitrogens is 2. The van der Waals surface area contributed by atoms with Crippen LogP contribution >= 0.6 is 0 Å². The highest BCUT2D eigenvalue weighted by molar-refractivity contribution is 6.22. The molecule has 5 heterocycles. The lowest BCUT2D eigenvalue weighted by Gasteiger charge is -2.01. The normalized spacial score (nSPS) is 12.6. The SMILES string of the molecule is CCOC(=O)C1=Cc2cc3nc(cc4[nH]c(cc4C(=O)OCC)cc4[nH]c(cc1n2)cc4CC)C=C3CC. The van der Waals surface area contributed by atoms with Crippen molar-refractivity contribution < 1.29 is 19.1 Å². The van der Waals surface area contributed by atoms with Gasteiger partial charge < -0.3 is 19.4 Å². The first-order chi connectivity index (χ1) is 18.4. The lowest BCUT2D eigenvalue weighted by atomic mass is 10.1. The molecule has 0 saturated heterocycles. The molecule has 0 aromatic carbocycles. The molecule has 0 amide bonds. The largest absolute Gasteiger partial charge is 0.462 e. The van der Waals surface area contributed by atoms with E-state index in [-0.39, 0.29) is 13.2 Å². The number of esters is 2. The smallest absolute Gasteiger partial charge is 0.340 e. The van der Waals surface area contributed by atoms with E-state index in [2.05, 4.69) is 23.8 Å². The highest BCUT2D eigenvalue weighted by Crippen LogP contribution is 2.29. The van der Waals surface area contributed by atoms with Gasteiger partial charge in [0, 0.05) is 16.6 Å². The van der Waals surface area contributed by atoms with Crippen molar-refractivity contribution in [3.63, 3.8) is 0 Å². The quantitative estimate of drug-likeness (QED) is 0.387. The summed E-state index contributed by atoms with van der Waals surface area (Å²) in [6, 6.07) is 11.4. The third-order valence-electron chi connectivity index (χ3n) is 6.46. The van der Waals surface area contributed by atoms with E-state index in [4.69, 9.17) is 19.4 Å². The van der Waals surface area contributed by atoms with Crippen molar-refractivity contribution in [1.29, 1.82) is 0 Å². The van der Waals surface area contributed by atoms with Crippen molar-refractivity contribution >= 4 is 57.3 Å². The van der Waals surface area contributed by atoms with E-state index in [1.165, 1.54) is 0 Å². The van der Waals surface area contributed by atoms with Crippen LogP contribution < -0.4 is 0 Å². The van der Waals surface area contributed by atoms with E-state index < -0.39 is 11.9 Å². The van der Waals surface area contributed by atoms with Gasteiger partial charge in [-0.05, 0) is 86.4 Å². The van der Waals surface area contributed by atoms with Crippen molar-refractivity contribution in [2.24, 2.45) is 0 Å². The Labute approximate surface area is 220 Å². The van der Waals surface area contributed by atoms with Gasteiger partial charge in [-0.1, -0.05) is 13.8 Å². The van der Waals surface area contributed by atoms with Gasteiger partial charge in [-0.25, -0.2) is 19.6 Å². The molecule has 0 spiro atoms. The van der Waals surface area contributed by atoms with E-state index in [0.29, 0.717) is 33.7 Å². The number of hydrogen-bond acceptors (Lipinski definition) is 6. The maximum atomic E-state index is 12.8. The second-order valence-corrected chi connectivity index (χ2v) is 9.01. The van der Waals surface area contributed by atoms with Crippen molar-refractivity contribution in [3.8, 4) is 0 Å². The number of carbonyl (C=O) groups is 2. The lowest BCUT2D eigenvalue weighted by molar-refractivity contribution is -0.136. The molecule has 2 aliphatic rings. The summed E-state index contributed by atoms with van der Waals surface area (Å²) in [5, 5.41) is 0. The van der Waals surface area contributed by atoms with Crippen molar-refractivity contribution in [3.05, 3.63) is 70.3 Å². The number of allylic oxidation sites excluding steroid dienone is 1. The van der Waals surface area contributed by atoms with Gasteiger partial charge in [0.2, 0.25) is 0 Å². The van der Waals surface area contributed by atoms with Gasteiger partial charge in [-0.2, -0.15) is 0 Å². The molecule has 3 aromatic rings. The van der Waals surface area contributed by atoms with Crippen LogP contribution in [0.4, 0.5) is 0 Å². The van der Waals surface area contributed by atoms with Gasteiger partial charge in [0.15, 0.2) is 0 Å². The number of fused-ring (bicyclic) bond motifs is 8. The van der Waals surface area contributed by atoms with Crippen LogP contribution in [-0.4, -0.2) is 45.1 Å². The fraction of sp³-hybridized carbons (Fsp3) is 0.267. The number of nitrogens with one attached hydrogen (secondary N) is 2. The fourth-order valence-electron chi connectivity index (χ4n) is 4.68. The zero-order chi connectivity index (χ0) is 26.8. The standard InChI is InChI=1S/C30H30N4O4/c1-5-17-9-19-15-27-24(30(36)38-8-4)12-22(34-27)14-26-18(6-2)10-20(32-26)16-28-23(29(35)37-7-3)11-21(33-28)13-25(17)31-19/h9-16,31,33H,5-8H2,1-4H3. The minimum absolute atomic E-state index is 0.277. The summed E-state index contributed by atoms with van der Waals surface area (Å²) in [6.07, 6.45) is 5.29. The first-order valence-corrected chi connectivity index (χ1v) is 12.9. The van der Waals surface area contributed by atoms with E-state index >= 15 is 0 Å². The van der Waals surface area contributed by atoms with Crippen LogP contribution in [0.25, 0.3) is 45.4 Å². The van der Waals surface area contributed by atoms with Gasteiger partial charge in [-0.3, -0.25) is 0 Å². The number of hydrogen-bond donors (Lipinski definition) is 2. The summed E-state index contributed by atoms with van der Waals surface area (Å²) in [6.45, 7) is 8.27. The zero-order valence-corrected chi connectivity index (χ0v) is 22.0. The Morgan fingerprint density at radius 2 is 1.39 bits per heavy atom. The number of aromatic nitrogens is 4. The van der Waals surface area contributed by atoms with Crippen molar-refractivity contribution in [1.82, 2.24) is 19.9 Å². The third-order valence-corrected chi connectivity index (χ3v) is 6.46. The molecule has 2 N–H and O–H groups in total. The Balaban J connectivity index is 1.85. The molecule has 38 heavy (non-hydrogen) atoms. The van der Waals surface area contributed by atoms with E-state index in [9.17, 15) is 9.59 Å². The number of rotatable bonds is 6. The van der Waals surface area contributed by atoms with Crippen LogP contribution in [0.2, 0.25) is 0 Å². The molecule has 0 atom stereocenters. The molecule has 3 aromatic heterocycles. The molecule has 8 nitrogen and oxygen atoms in total. The molecule has 8 heteroatoms. The van der Waals surface area contributed by atoms with Gasteiger partial charge in [0.25, 0.3) is 0 Å². The minimum Gasteiger partial charge on any atom is -0.462 e. The molecule has 0 fully saturated rings. The average Bonchev–Trinajstić information content (AvgIpc) is 3.66. The van der Waals surface area contributed by atoms with Crippen molar-refractivity contribution in [2.45, 2.75) is 40.5 Å². The van der Waals surface area contributed by atoms with Crippen LogP contribution in [0, 0.1) is 0 Å². The Morgan fingerprint density at radius 3 is 2.13 bits per heavy atom. The van der Waals surface area contributed by atoms with Gasteiger partial charge >= 0.3 is 11.9 Å². The first kappa shape index (κ1) is 25.2. The molecule has 0 aliphatic carbocycles. The van der Waals surface area contributed by atoms with Gasteiger partial charge in [0.05, 0.1) is 52.6 Å². The molecular weight excluding hydrogens is 480 g/mol. The Kier molecular flexibility index (Phi) is 6.96. The third kappa shape index (κ3) is 4.89. The van der Waals surface area contributed by atoms with E-state index in [1.54, 1.807) is 26.0 Å². The Bertz CT molecular complexity index is 1660. The number of aryl methyl sites for hydroxylation is 1. The summed E-state index contributed by atoms with van der Waals surface area (Å²) in [5.74, 6) is -0.805. The van der Waals surface area contributed by atoms with Crippen LogP contribution in [0.3, 0.4) is 0 Å². The molecule has 5 rings (SSSR count). The summed E-state index contributed by atoms with van der Waals surface area (Å²) >= 11 is 0.